The van der Waals surface area contributed by atoms with E-state index in [-0.39, 0.29) is 30.1 Å². The standard InChI is InChI=1S/C24H43N5O.HI/c1-5-25-24(26-13-10-18-30-22(4)23-11-8-7-9-12-23)27-19-21(3)20-29-16-14-28(6-2)15-17-29;/h7-9,11-12,21-22H,5-6,10,13-20H2,1-4H3,(H2,25,26,27);1H. The van der Waals surface area contributed by atoms with E-state index in [1.807, 2.05) is 6.07 Å². The Morgan fingerprint density at radius 3 is 2.35 bits per heavy atom. The lowest BCUT2D eigenvalue weighted by Gasteiger charge is -2.35. The molecular weight excluding hydrogens is 501 g/mol. The van der Waals surface area contributed by atoms with Gasteiger partial charge < -0.3 is 25.2 Å². The molecule has 1 fully saturated rings. The number of ether oxygens (including phenoxy) is 1. The molecule has 6 nitrogen and oxygen atoms in total. The fourth-order valence-corrected chi connectivity index (χ4v) is 3.73. The van der Waals surface area contributed by atoms with Crippen molar-refractivity contribution < 1.29 is 4.74 Å². The van der Waals surface area contributed by atoms with Crippen LogP contribution in [0.4, 0.5) is 0 Å². The van der Waals surface area contributed by atoms with Crippen molar-refractivity contribution >= 4 is 29.9 Å². The van der Waals surface area contributed by atoms with Gasteiger partial charge in [0.15, 0.2) is 5.96 Å². The van der Waals surface area contributed by atoms with E-state index in [0.29, 0.717) is 5.92 Å². The van der Waals surface area contributed by atoms with Gasteiger partial charge in [0.25, 0.3) is 0 Å². The van der Waals surface area contributed by atoms with Crippen molar-refractivity contribution in [1.82, 2.24) is 20.4 Å². The summed E-state index contributed by atoms with van der Waals surface area (Å²) in [6, 6.07) is 10.4. The number of guanidine groups is 1. The monoisotopic (exact) mass is 545 g/mol. The number of aliphatic imine (C=N–C) groups is 1. The summed E-state index contributed by atoms with van der Waals surface area (Å²) in [6.07, 6.45) is 1.09. The number of rotatable bonds is 12. The molecule has 0 aromatic heterocycles. The van der Waals surface area contributed by atoms with Gasteiger partial charge in [-0.2, -0.15) is 0 Å². The van der Waals surface area contributed by atoms with E-state index in [0.717, 1.165) is 45.2 Å². The first-order valence-electron chi connectivity index (χ1n) is 11.8. The predicted octanol–water partition coefficient (Wildman–Crippen LogP) is 3.60. The first-order valence-corrected chi connectivity index (χ1v) is 11.8. The zero-order valence-electron chi connectivity index (χ0n) is 20.0. The molecule has 2 N–H and O–H groups in total. The lowest BCUT2D eigenvalue weighted by molar-refractivity contribution is 0.0646. The molecule has 0 bridgehead atoms. The molecule has 31 heavy (non-hydrogen) atoms. The third kappa shape index (κ3) is 11.5. The van der Waals surface area contributed by atoms with Crippen LogP contribution < -0.4 is 10.6 Å². The quantitative estimate of drug-likeness (QED) is 0.182. The molecule has 1 aromatic carbocycles. The number of hydrogen-bond acceptors (Lipinski definition) is 4. The Morgan fingerprint density at radius 1 is 1.03 bits per heavy atom. The molecule has 0 aliphatic carbocycles. The van der Waals surface area contributed by atoms with Crippen LogP contribution in [0.3, 0.4) is 0 Å². The van der Waals surface area contributed by atoms with Crippen LogP contribution in [-0.4, -0.2) is 81.3 Å². The lowest BCUT2D eigenvalue weighted by Crippen LogP contribution is -2.47. The topological polar surface area (TPSA) is 52.1 Å². The third-order valence-electron chi connectivity index (χ3n) is 5.64. The van der Waals surface area contributed by atoms with Gasteiger partial charge in [-0.1, -0.05) is 44.2 Å². The largest absolute Gasteiger partial charge is 0.374 e. The Balaban J connectivity index is 0.00000480. The van der Waals surface area contributed by atoms with E-state index in [2.05, 4.69) is 72.4 Å². The molecule has 1 saturated heterocycles. The maximum atomic E-state index is 5.96. The van der Waals surface area contributed by atoms with Gasteiger partial charge >= 0.3 is 0 Å². The number of nitrogens with one attached hydrogen (secondary N) is 2. The number of benzene rings is 1. The molecule has 7 heteroatoms. The molecule has 0 saturated carbocycles. The normalized spacial score (nSPS) is 17.6. The van der Waals surface area contributed by atoms with Crippen LogP contribution in [0.2, 0.25) is 0 Å². The minimum Gasteiger partial charge on any atom is -0.374 e. The van der Waals surface area contributed by atoms with Crippen LogP contribution in [-0.2, 0) is 4.74 Å². The third-order valence-corrected chi connectivity index (χ3v) is 5.64. The highest BCUT2D eigenvalue weighted by molar-refractivity contribution is 14.0. The van der Waals surface area contributed by atoms with E-state index < -0.39 is 0 Å². The Kier molecular flexibility index (Phi) is 15.2. The Hall–Kier alpha value is -0.900. The van der Waals surface area contributed by atoms with Crippen molar-refractivity contribution in [3.63, 3.8) is 0 Å². The molecule has 2 unspecified atom stereocenters. The molecule has 178 valence electrons. The molecular formula is C24H44IN5O. The van der Waals surface area contributed by atoms with Gasteiger partial charge in [-0.15, -0.1) is 24.0 Å². The average molecular weight is 546 g/mol. The summed E-state index contributed by atoms with van der Waals surface area (Å²) in [5, 5.41) is 6.80. The molecule has 2 atom stereocenters. The van der Waals surface area contributed by atoms with Crippen LogP contribution in [0.5, 0.6) is 0 Å². The minimum absolute atomic E-state index is 0. The average Bonchev–Trinajstić information content (AvgIpc) is 2.78. The first kappa shape index (κ1) is 28.1. The molecule has 0 amide bonds. The van der Waals surface area contributed by atoms with Crippen molar-refractivity contribution in [3.8, 4) is 0 Å². The van der Waals surface area contributed by atoms with Crippen molar-refractivity contribution in [2.75, 3.05) is 65.5 Å². The number of likely N-dealkylation sites (N-methyl/N-ethyl adjacent to an activating group) is 1. The first-order chi connectivity index (χ1) is 14.6. The second-order valence-electron chi connectivity index (χ2n) is 8.26. The van der Waals surface area contributed by atoms with E-state index in [4.69, 9.17) is 9.73 Å². The predicted molar refractivity (Wildman–Crippen MR) is 143 cm³/mol. The summed E-state index contributed by atoms with van der Waals surface area (Å²) in [5.41, 5.74) is 1.23. The Labute approximate surface area is 207 Å². The van der Waals surface area contributed by atoms with Gasteiger partial charge in [-0.05, 0) is 38.3 Å². The van der Waals surface area contributed by atoms with E-state index >= 15 is 0 Å². The van der Waals surface area contributed by atoms with Crippen molar-refractivity contribution in [2.45, 2.75) is 40.2 Å². The molecule has 1 heterocycles. The van der Waals surface area contributed by atoms with Crippen molar-refractivity contribution in [1.29, 1.82) is 0 Å². The zero-order chi connectivity index (χ0) is 21.6. The summed E-state index contributed by atoms with van der Waals surface area (Å²) in [4.78, 5) is 9.91. The number of hydrogen-bond donors (Lipinski definition) is 2. The molecule has 0 spiro atoms. The number of nitrogens with zero attached hydrogens (tertiary/aromatic N) is 3. The van der Waals surface area contributed by atoms with Crippen LogP contribution in [0.15, 0.2) is 35.3 Å². The van der Waals surface area contributed by atoms with Crippen LogP contribution in [0.25, 0.3) is 0 Å². The van der Waals surface area contributed by atoms with Crippen molar-refractivity contribution in [3.05, 3.63) is 35.9 Å². The lowest BCUT2D eigenvalue weighted by atomic mass is 10.1. The maximum Gasteiger partial charge on any atom is 0.191 e. The summed E-state index contributed by atoms with van der Waals surface area (Å²) < 4.78 is 5.96. The highest BCUT2D eigenvalue weighted by Crippen LogP contribution is 2.15. The van der Waals surface area contributed by atoms with E-state index in [1.165, 1.54) is 38.3 Å². The highest BCUT2D eigenvalue weighted by Gasteiger charge is 2.17. The van der Waals surface area contributed by atoms with Gasteiger partial charge in [0.05, 0.1) is 6.10 Å². The van der Waals surface area contributed by atoms with Gasteiger partial charge in [0.2, 0.25) is 0 Å². The smallest absolute Gasteiger partial charge is 0.191 e. The second-order valence-corrected chi connectivity index (χ2v) is 8.26. The fraction of sp³-hybridized carbons (Fsp3) is 0.708. The maximum absolute atomic E-state index is 5.96. The second kappa shape index (κ2) is 16.7. The van der Waals surface area contributed by atoms with Crippen LogP contribution in [0.1, 0.15) is 45.8 Å². The molecule has 2 rings (SSSR count). The van der Waals surface area contributed by atoms with Crippen LogP contribution >= 0.6 is 24.0 Å². The van der Waals surface area contributed by atoms with Gasteiger partial charge in [-0.3, -0.25) is 4.99 Å². The zero-order valence-corrected chi connectivity index (χ0v) is 22.3. The fourth-order valence-electron chi connectivity index (χ4n) is 3.73. The molecule has 1 aromatic rings. The number of halogens is 1. The molecule has 0 radical (unpaired) electrons. The number of piperazine rings is 1. The Morgan fingerprint density at radius 2 is 1.71 bits per heavy atom. The Bertz CT molecular complexity index is 593. The molecule has 1 aliphatic rings. The van der Waals surface area contributed by atoms with E-state index in [1.54, 1.807) is 0 Å². The summed E-state index contributed by atoms with van der Waals surface area (Å²) in [5.74, 6) is 1.47. The summed E-state index contributed by atoms with van der Waals surface area (Å²) in [6.45, 7) is 19.2. The van der Waals surface area contributed by atoms with Gasteiger partial charge in [0, 0.05) is 59.0 Å². The van der Waals surface area contributed by atoms with Crippen LogP contribution in [0, 0.1) is 5.92 Å². The van der Waals surface area contributed by atoms with Crippen molar-refractivity contribution in [2.24, 2.45) is 10.9 Å². The SMILES string of the molecule is CCNC(=NCC(C)CN1CCN(CC)CC1)NCCCOC(C)c1ccccc1.I. The summed E-state index contributed by atoms with van der Waals surface area (Å²) >= 11 is 0. The highest BCUT2D eigenvalue weighted by atomic mass is 127. The van der Waals surface area contributed by atoms with E-state index in [9.17, 15) is 0 Å². The summed E-state index contributed by atoms with van der Waals surface area (Å²) in [7, 11) is 0. The van der Waals surface area contributed by atoms with Gasteiger partial charge in [-0.25, -0.2) is 0 Å². The molecule has 1 aliphatic heterocycles. The minimum atomic E-state index is 0. The van der Waals surface area contributed by atoms with Gasteiger partial charge in [0.1, 0.15) is 0 Å².